The van der Waals surface area contributed by atoms with Crippen molar-refractivity contribution in [2.75, 3.05) is 11.9 Å². The Morgan fingerprint density at radius 2 is 2.11 bits per heavy atom. The molecule has 2 rings (SSSR count). The van der Waals surface area contributed by atoms with E-state index < -0.39 is 0 Å². The van der Waals surface area contributed by atoms with Gasteiger partial charge in [0, 0.05) is 7.05 Å². The monoisotopic (exact) mass is 266 g/mol. The highest BCUT2D eigenvalue weighted by molar-refractivity contribution is 6.31. The van der Waals surface area contributed by atoms with E-state index in [9.17, 15) is 0 Å². The lowest BCUT2D eigenvalue weighted by atomic mass is 10.3. The van der Waals surface area contributed by atoms with Crippen LogP contribution < -0.4 is 4.90 Å². The molecule has 0 saturated heterocycles. The van der Waals surface area contributed by atoms with Gasteiger partial charge in [-0.05, 0) is 31.2 Å². The minimum absolute atomic E-state index is 0.166. The van der Waals surface area contributed by atoms with Crippen molar-refractivity contribution in [3.05, 3.63) is 46.5 Å². The quantitative estimate of drug-likeness (QED) is 0.924. The second-order valence-electron chi connectivity index (χ2n) is 4.12. The van der Waals surface area contributed by atoms with E-state index in [4.69, 9.17) is 21.1 Å². The van der Waals surface area contributed by atoms with Crippen molar-refractivity contribution in [1.29, 1.82) is 0 Å². The molecule has 0 radical (unpaired) electrons. The van der Waals surface area contributed by atoms with Gasteiger partial charge in [0.05, 0.1) is 23.9 Å². The van der Waals surface area contributed by atoms with Gasteiger partial charge in [-0.2, -0.15) is 0 Å². The predicted octanol–water partition coefficient (Wildman–Crippen LogP) is 2.77. The van der Waals surface area contributed by atoms with Crippen LogP contribution >= 0.6 is 11.6 Å². The maximum Gasteiger partial charge on any atom is 0.129 e. The summed E-state index contributed by atoms with van der Waals surface area (Å²) in [5.41, 5.74) is 0.483. The van der Waals surface area contributed by atoms with Crippen LogP contribution in [0.4, 0.5) is 5.82 Å². The second kappa shape index (κ2) is 5.42. The molecule has 0 aromatic carbocycles. The molecule has 0 spiro atoms. The van der Waals surface area contributed by atoms with Crippen molar-refractivity contribution in [3.8, 4) is 0 Å². The van der Waals surface area contributed by atoms with E-state index in [1.165, 1.54) is 0 Å². The molecule has 0 unspecified atom stereocenters. The number of aliphatic hydroxyl groups is 1. The lowest BCUT2D eigenvalue weighted by Crippen LogP contribution is -2.17. The van der Waals surface area contributed by atoms with Gasteiger partial charge < -0.3 is 14.4 Å². The van der Waals surface area contributed by atoms with Gasteiger partial charge in [-0.3, -0.25) is 0 Å². The van der Waals surface area contributed by atoms with E-state index in [1.54, 1.807) is 6.07 Å². The number of aryl methyl sites for hydroxylation is 1. The van der Waals surface area contributed by atoms with E-state index in [2.05, 4.69) is 4.98 Å². The molecular weight excluding hydrogens is 252 g/mol. The van der Waals surface area contributed by atoms with Crippen LogP contribution in [0.5, 0.6) is 0 Å². The van der Waals surface area contributed by atoms with Crippen molar-refractivity contribution in [2.24, 2.45) is 0 Å². The van der Waals surface area contributed by atoms with E-state index in [-0.39, 0.29) is 6.61 Å². The summed E-state index contributed by atoms with van der Waals surface area (Å²) >= 11 is 5.91. The summed E-state index contributed by atoms with van der Waals surface area (Å²) in [6.07, 6.45) is 0. The first-order valence-electron chi connectivity index (χ1n) is 5.63. The summed E-state index contributed by atoms with van der Waals surface area (Å²) in [7, 11) is 1.91. The number of furan rings is 1. The molecule has 0 aliphatic carbocycles. The van der Waals surface area contributed by atoms with Gasteiger partial charge in [-0.25, -0.2) is 4.98 Å². The van der Waals surface area contributed by atoms with Crippen molar-refractivity contribution in [1.82, 2.24) is 4.98 Å². The number of hydrogen-bond donors (Lipinski definition) is 1. The molecule has 4 nitrogen and oxygen atoms in total. The first-order chi connectivity index (χ1) is 8.60. The highest BCUT2D eigenvalue weighted by atomic mass is 35.5. The Kier molecular flexibility index (Phi) is 3.89. The van der Waals surface area contributed by atoms with Gasteiger partial charge in [0.15, 0.2) is 0 Å². The van der Waals surface area contributed by atoms with Crippen LogP contribution in [-0.2, 0) is 13.2 Å². The van der Waals surface area contributed by atoms with Crippen LogP contribution in [0.25, 0.3) is 0 Å². The van der Waals surface area contributed by atoms with Crippen molar-refractivity contribution in [2.45, 2.75) is 20.1 Å². The zero-order valence-electron chi connectivity index (χ0n) is 10.4. The third kappa shape index (κ3) is 2.83. The van der Waals surface area contributed by atoms with E-state index in [0.29, 0.717) is 17.3 Å². The minimum atomic E-state index is -0.166. The van der Waals surface area contributed by atoms with Gasteiger partial charge in [0.1, 0.15) is 17.3 Å². The number of aromatic nitrogens is 1. The van der Waals surface area contributed by atoms with Crippen molar-refractivity contribution in [3.63, 3.8) is 0 Å². The van der Waals surface area contributed by atoms with Crippen molar-refractivity contribution >= 4 is 17.4 Å². The molecule has 1 N–H and O–H groups in total. The molecule has 0 amide bonds. The zero-order valence-corrected chi connectivity index (χ0v) is 11.1. The van der Waals surface area contributed by atoms with E-state index in [1.807, 2.05) is 37.1 Å². The topological polar surface area (TPSA) is 49.5 Å². The van der Waals surface area contributed by atoms with E-state index >= 15 is 0 Å². The number of pyridine rings is 1. The SMILES string of the molecule is Cc1ccc(CN(C)c2ccc(Cl)c(CO)n2)o1. The van der Waals surface area contributed by atoms with Gasteiger partial charge in [0.2, 0.25) is 0 Å². The summed E-state index contributed by atoms with van der Waals surface area (Å²) in [5.74, 6) is 2.51. The van der Waals surface area contributed by atoms with Crippen LogP contribution in [0.3, 0.4) is 0 Å². The van der Waals surface area contributed by atoms with Gasteiger partial charge in [-0.1, -0.05) is 11.6 Å². The lowest BCUT2D eigenvalue weighted by Gasteiger charge is -2.17. The highest BCUT2D eigenvalue weighted by Crippen LogP contribution is 2.20. The predicted molar refractivity (Wildman–Crippen MR) is 70.7 cm³/mol. The molecule has 0 aliphatic heterocycles. The molecular formula is C13H15ClN2O2. The van der Waals surface area contributed by atoms with Crippen LogP contribution in [0.1, 0.15) is 17.2 Å². The summed E-state index contributed by atoms with van der Waals surface area (Å²) in [6.45, 7) is 2.36. The largest absolute Gasteiger partial charge is 0.464 e. The number of hydrogen-bond acceptors (Lipinski definition) is 4. The average molecular weight is 267 g/mol. The summed E-state index contributed by atoms with van der Waals surface area (Å²) in [6, 6.07) is 7.42. The Labute approximate surface area is 111 Å². The second-order valence-corrected chi connectivity index (χ2v) is 4.53. The molecule has 5 heteroatoms. The number of nitrogens with zero attached hydrogens (tertiary/aromatic N) is 2. The maximum absolute atomic E-state index is 9.13. The Morgan fingerprint density at radius 3 is 2.72 bits per heavy atom. The molecule has 2 heterocycles. The van der Waals surface area contributed by atoms with Crippen LogP contribution in [0.2, 0.25) is 5.02 Å². The number of rotatable bonds is 4. The Bertz CT molecular complexity index is 540. The molecule has 96 valence electrons. The first-order valence-corrected chi connectivity index (χ1v) is 6.00. The Morgan fingerprint density at radius 1 is 1.33 bits per heavy atom. The van der Waals surface area contributed by atoms with Gasteiger partial charge in [-0.15, -0.1) is 0 Å². The third-order valence-electron chi connectivity index (χ3n) is 2.63. The fourth-order valence-electron chi connectivity index (χ4n) is 1.68. The molecule has 0 atom stereocenters. The molecule has 0 saturated carbocycles. The minimum Gasteiger partial charge on any atom is -0.464 e. The van der Waals surface area contributed by atoms with Crippen molar-refractivity contribution < 1.29 is 9.52 Å². The molecule has 2 aromatic rings. The van der Waals surface area contributed by atoms with Crippen LogP contribution in [-0.4, -0.2) is 17.1 Å². The third-order valence-corrected chi connectivity index (χ3v) is 2.98. The normalized spacial score (nSPS) is 10.7. The Balaban J connectivity index is 2.15. The van der Waals surface area contributed by atoms with Gasteiger partial charge in [0.25, 0.3) is 0 Å². The lowest BCUT2D eigenvalue weighted by molar-refractivity contribution is 0.277. The number of halogens is 1. The zero-order chi connectivity index (χ0) is 13.1. The molecule has 0 aliphatic rings. The standard InChI is InChI=1S/C13H15ClN2O2/c1-9-3-4-10(18-9)7-16(2)13-6-5-11(14)12(8-17)15-13/h3-6,17H,7-8H2,1-2H3. The first kappa shape index (κ1) is 12.9. The summed E-state index contributed by atoms with van der Waals surface area (Å²) in [5, 5.41) is 9.61. The van der Waals surface area contributed by atoms with E-state index in [0.717, 1.165) is 17.3 Å². The summed E-state index contributed by atoms with van der Waals surface area (Å²) < 4.78 is 5.51. The maximum atomic E-state index is 9.13. The summed E-state index contributed by atoms with van der Waals surface area (Å²) in [4.78, 5) is 6.23. The molecule has 18 heavy (non-hydrogen) atoms. The smallest absolute Gasteiger partial charge is 0.129 e. The van der Waals surface area contributed by atoms with Gasteiger partial charge >= 0.3 is 0 Å². The van der Waals surface area contributed by atoms with Crippen LogP contribution in [0, 0.1) is 6.92 Å². The molecule has 2 aromatic heterocycles. The number of anilines is 1. The Hall–Kier alpha value is -1.52. The molecule has 0 fully saturated rings. The molecule has 0 bridgehead atoms. The fourth-order valence-corrected chi connectivity index (χ4v) is 1.85. The highest BCUT2D eigenvalue weighted by Gasteiger charge is 2.09. The van der Waals surface area contributed by atoms with Crippen LogP contribution in [0.15, 0.2) is 28.7 Å². The average Bonchev–Trinajstić information content (AvgIpc) is 2.75. The number of aliphatic hydroxyl groups excluding tert-OH is 1. The fraction of sp³-hybridized carbons (Fsp3) is 0.308.